The number of rotatable bonds is 3. The molecule has 4 unspecified atom stereocenters. The van der Waals surface area contributed by atoms with Gasteiger partial charge in [-0.25, -0.2) is 8.42 Å². The second-order valence-electron chi connectivity index (χ2n) is 6.61. The van der Waals surface area contributed by atoms with Crippen molar-refractivity contribution in [3.8, 4) is 0 Å². The third-order valence-electron chi connectivity index (χ3n) is 4.79. The predicted octanol–water partition coefficient (Wildman–Crippen LogP) is 1.13. The van der Waals surface area contributed by atoms with Gasteiger partial charge < -0.3 is 10.2 Å². The summed E-state index contributed by atoms with van der Waals surface area (Å²) >= 11 is 0. The van der Waals surface area contributed by atoms with Gasteiger partial charge in [0.1, 0.15) is 0 Å². The Balaban J connectivity index is 1.84. The molecule has 0 saturated carbocycles. The van der Waals surface area contributed by atoms with E-state index >= 15 is 0 Å². The summed E-state index contributed by atoms with van der Waals surface area (Å²) in [4.78, 5) is 2.54. The van der Waals surface area contributed by atoms with E-state index in [9.17, 15) is 8.42 Å². The van der Waals surface area contributed by atoms with Crippen LogP contribution in [0.2, 0.25) is 0 Å². The van der Waals surface area contributed by atoms with Crippen molar-refractivity contribution in [1.29, 1.82) is 0 Å². The molecule has 2 saturated heterocycles. The normalized spacial score (nSPS) is 40.2. The maximum atomic E-state index is 11.6. The molecule has 0 amide bonds. The summed E-state index contributed by atoms with van der Waals surface area (Å²) < 4.78 is 23.3. The fourth-order valence-electron chi connectivity index (χ4n) is 3.50. The van der Waals surface area contributed by atoms with Crippen molar-refractivity contribution in [3.63, 3.8) is 0 Å². The van der Waals surface area contributed by atoms with Crippen LogP contribution in [0.5, 0.6) is 0 Å². The van der Waals surface area contributed by atoms with E-state index in [1.54, 1.807) is 0 Å². The molecule has 2 rings (SSSR count). The van der Waals surface area contributed by atoms with Crippen LogP contribution in [0, 0.1) is 11.8 Å². The molecule has 4 nitrogen and oxygen atoms in total. The maximum Gasteiger partial charge on any atom is 0.153 e. The van der Waals surface area contributed by atoms with E-state index in [2.05, 4.69) is 31.0 Å². The highest BCUT2D eigenvalue weighted by Gasteiger charge is 2.30. The zero-order valence-corrected chi connectivity index (χ0v) is 13.2. The number of nitrogens with zero attached hydrogens (tertiary/aromatic N) is 1. The number of hydrogen-bond acceptors (Lipinski definition) is 4. The molecular weight excluding hydrogens is 260 g/mol. The molecule has 4 atom stereocenters. The fraction of sp³-hybridized carbons (Fsp3) is 1.00. The Hall–Kier alpha value is -0.130. The van der Waals surface area contributed by atoms with Crippen molar-refractivity contribution in [2.24, 2.45) is 11.8 Å². The van der Waals surface area contributed by atoms with Crippen LogP contribution in [0.25, 0.3) is 0 Å². The van der Waals surface area contributed by atoms with Crippen molar-refractivity contribution in [1.82, 2.24) is 10.2 Å². The lowest BCUT2D eigenvalue weighted by atomic mass is 9.86. The summed E-state index contributed by atoms with van der Waals surface area (Å²) in [5.74, 6) is 2.12. The summed E-state index contributed by atoms with van der Waals surface area (Å²) in [5.41, 5.74) is 0. The molecule has 0 aromatic carbocycles. The molecule has 0 aliphatic carbocycles. The Morgan fingerprint density at radius 2 is 2.00 bits per heavy atom. The van der Waals surface area contributed by atoms with Crippen LogP contribution in [-0.2, 0) is 9.84 Å². The van der Waals surface area contributed by atoms with E-state index in [-0.39, 0.29) is 6.04 Å². The lowest BCUT2D eigenvalue weighted by molar-refractivity contribution is 0.0764. The van der Waals surface area contributed by atoms with E-state index in [4.69, 9.17) is 0 Å². The van der Waals surface area contributed by atoms with Crippen LogP contribution in [-0.4, -0.2) is 56.5 Å². The smallest absolute Gasteiger partial charge is 0.153 e. The van der Waals surface area contributed by atoms with Crippen molar-refractivity contribution in [2.45, 2.75) is 45.7 Å². The van der Waals surface area contributed by atoms with E-state index in [1.807, 2.05) is 0 Å². The van der Waals surface area contributed by atoms with E-state index in [1.165, 1.54) is 6.42 Å². The second kappa shape index (κ2) is 6.10. The van der Waals surface area contributed by atoms with Gasteiger partial charge in [-0.15, -0.1) is 0 Å². The first-order valence-corrected chi connectivity index (χ1v) is 9.37. The minimum atomic E-state index is -2.80. The Kier molecular flexibility index (Phi) is 4.90. The van der Waals surface area contributed by atoms with Crippen molar-refractivity contribution >= 4 is 9.84 Å². The molecular formula is C14H28N2O2S. The maximum absolute atomic E-state index is 11.6. The van der Waals surface area contributed by atoms with Gasteiger partial charge in [0.25, 0.3) is 0 Å². The predicted molar refractivity (Wildman–Crippen MR) is 79.0 cm³/mol. The highest BCUT2D eigenvalue weighted by atomic mass is 32.2. The molecule has 0 aromatic rings. The van der Waals surface area contributed by atoms with Crippen molar-refractivity contribution in [3.05, 3.63) is 0 Å². The minimum absolute atomic E-state index is 0.151. The number of sulfone groups is 1. The largest absolute Gasteiger partial charge is 0.312 e. The molecule has 19 heavy (non-hydrogen) atoms. The standard InChI is InChI=1S/C14H28N2O2S/c1-11-8-12(2)13(3)16(9-11)6-4-14-10-19(17,18)7-5-15-14/h11-15H,4-10H2,1-3H3. The van der Waals surface area contributed by atoms with Crippen LogP contribution < -0.4 is 5.32 Å². The molecule has 0 aromatic heterocycles. The summed E-state index contributed by atoms with van der Waals surface area (Å²) in [5, 5.41) is 3.35. The molecule has 0 bridgehead atoms. The lowest BCUT2D eigenvalue weighted by Gasteiger charge is -2.41. The Bertz CT molecular complexity index is 396. The van der Waals surface area contributed by atoms with Crippen LogP contribution in [0.1, 0.15) is 33.6 Å². The third-order valence-corrected chi connectivity index (χ3v) is 6.52. The number of hydrogen-bond donors (Lipinski definition) is 1. The molecule has 0 spiro atoms. The van der Waals surface area contributed by atoms with Gasteiger partial charge >= 0.3 is 0 Å². The SMILES string of the molecule is CC1CC(C)C(C)N(CCC2CS(=O)(=O)CCN2)C1. The molecule has 2 heterocycles. The Morgan fingerprint density at radius 1 is 1.26 bits per heavy atom. The van der Waals surface area contributed by atoms with Gasteiger partial charge in [-0.1, -0.05) is 13.8 Å². The first-order chi connectivity index (χ1) is 8.87. The molecule has 2 aliphatic heterocycles. The summed E-state index contributed by atoms with van der Waals surface area (Å²) in [6.45, 7) is 9.75. The van der Waals surface area contributed by atoms with Gasteiger partial charge in [0.15, 0.2) is 9.84 Å². The summed E-state index contributed by atoms with van der Waals surface area (Å²) in [6.07, 6.45) is 2.26. The second-order valence-corrected chi connectivity index (χ2v) is 8.84. The highest BCUT2D eigenvalue weighted by Crippen LogP contribution is 2.27. The Morgan fingerprint density at radius 3 is 2.68 bits per heavy atom. The monoisotopic (exact) mass is 288 g/mol. The average molecular weight is 288 g/mol. The molecule has 112 valence electrons. The Labute approximate surface area is 117 Å². The first-order valence-electron chi connectivity index (χ1n) is 7.55. The van der Waals surface area contributed by atoms with Crippen molar-refractivity contribution in [2.75, 3.05) is 31.1 Å². The topological polar surface area (TPSA) is 49.4 Å². The van der Waals surface area contributed by atoms with E-state index in [0.29, 0.717) is 24.1 Å². The number of piperidine rings is 1. The van der Waals surface area contributed by atoms with Gasteiger partial charge in [0.2, 0.25) is 0 Å². The van der Waals surface area contributed by atoms with Gasteiger partial charge in [0, 0.05) is 25.2 Å². The zero-order valence-electron chi connectivity index (χ0n) is 12.4. The van der Waals surface area contributed by atoms with Gasteiger partial charge in [-0.05, 0) is 38.1 Å². The van der Waals surface area contributed by atoms with Gasteiger partial charge in [-0.3, -0.25) is 0 Å². The van der Waals surface area contributed by atoms with Crippen LogP contribution in [0.15, 0.2) is 0 Å². The molecule has 5 heteroatoms. The molecule has 1 N–H and O–H groups in total. The first kappa shape index (κ1) is 15.3. The zero-order chi connectivity index (χ0) is 14.0. The van der Waals surface area contributed by atoms with E-state index < -0.39 is 9.84 Å². The van der Waals surface area contributed by atoms with Gasteiger partial charge in [-0.2, -0.15) is 0 Å². The lowest BCUT2D eigenvalue weighted by Crippen LogP contribution is -2.50. The number of likely N-dealkylation sites (tertiary alicyclic amines) is 1. The van der Waals surface area contributed by atoms with Crippen LogP contribution >= 0.6 is 0 Å². The fourth-order valence-corrected chi connectivity index (χ4v) is 5.00. The van der Waals surface area contributed by atoms with E-state index in [0.717, 1.165) is 31.3 Å². The summed E-state index contributed by atoms with van der Waals surface area (Å²) in [7, 11) is -2.80. The average Bonchev–Trinajstić information content (AvgIpc) is 2.31. The summed E-state index contributed by atoms with van der Waals surface area (Å²) in [6, 6.07) is 0.773. The molecule has 2 aliphatic rings. The molecule has 0 radical (unpaired) electrons. The minimum Gasteiger partial charge on any atom is -0.312 e. The molecule has 2 fully saturated rings. The third kappa shape index (κ3) is 4.17. The van der Waals surface area contributed by atoms with Crippen LogP contribution in [0.3, 0.4) is 0 Å². The van der Waals surface area contributed by atoms with Gasteiger partial charge in [0.05, 0.1) is 11.5 Å². The van der Waals surface area contributed by atoms with Crippen LogP contribution in [0.4, 0.5) is 0 Å². The van der Waals surface area contributed by atoms with Crippen molar-refractivity contribution < 1.29 is 8.42 Å². The number of nitrogens with one attached hydrogen (secondary N) is 1. The highest BCUT2D eigenvalue weighted by molar-refractivity contribution is 7.91. The quantitative estimate of drug-likeness (QED) is 0.846.